The van der Waals surface area contributed by atoms with Gasteiger partial charge in [0.1, 0.15) is 0 Å². The van der Waals surface area contributed by atoms with Crippen molar-refractivity contribution >= 4 is 11.8 Å². The van der Waals surface area contributed by atoms with Crippen molar-refractivity contribution < 1.29 is 14.7 Å². The summed E-state index contributed by atoms with van der Waals surface area (Å²) in [6, 6.07) is 0.317. The molecule has 6 heteroatoms. The van der Waals surface area contributed by atoms with Gasteiger partial charge in [0, 0.05) is 46.1 Å². The number of carbonyl (C=O) groups is 2. The van der Waals surface area contributed by atoms with Crippen molar-refractivity contribution in [3.8, 4) is 0 Å². The molecule has 0 radical (unpaired) electrons. The molecule has 0 bridgehead atoms. The number of β-amino-alcohol motifs (C(OH)–C–C–N with tert-alkyl or cyclic N) is 1. The van der Waals surface area contributed by atoms with Gasteiger partial charge in [0.25, 0.3) is 0 Å². The lowest BCUT2D eigenvalue weighted by Gasteiger charge is -2.54. The van der Waals surface area contributed by atoms with Gasteiger partial charge >= 0.3 is 0 Å². The molecule has 1 unspecified atom stereocenters. The predicted molar refractivity (Wildman–Crippen MR) is 101 cm³/mol. The van der Waals surface area contributed by atoms with Crippen LogP contribution in [0.25, 0.3) is 0 Å². The maximum Gasteiger partial charge on any atom is 0.219 e. The Morgan fingerprint density at radius 1 is 0.962 bits per heavy atom. The van der Waals surface area contributed by atoms with Gasteiger partial charge in [-0.1, -0.05) is 6.42 Å². The first-order valence-electron chi connectivity index (χ1n) is 10.3. The predicted octanol–water partition coefficient (Wildman–Crippen LogP) is 1.62. The number of hydrogen-bond donors (Lipinski definition) is 1. The summed E-state index contributed by atoms with van der Waals surface area (Å²) < 4.78 is 0. The van der Waals surface area contributed by atoms with E-state index in [0.29, 0.717) is 38.5 Å². The van der Waals surface area contributed by atoms with Crippen LogP contribution in [0, 0.1) is 0 Å². The van der Waals surface area contributed by atoms with Crippen LogP contribution >= 0.6 is 0 Å². The zero-order valence-electron chi connectivity index (χ0n) is 16.7. The number of piperidine rings is 2. The molecule has 3 fully saturated rings. The van der Waals surface area contributed by atoms with Gasteiger partial charge in [-0.3, -0.25) is 14.5 Å². The molecule has 3 aliphatic rings. The monoisotopic (exact) mass is 365 g/mol. The van der Waals surface area contributed by atoms with Crippen LogP contribution in [-0.4, -0.2) is 81.5 Å². The lowest BCUT2D eigenvalue weighted by molar-refractivity contribution is -0.142. The third kappa shape index (κ3) is 3.77. The van der Waals surface area contributed by atoms with Crippen LogP contribution in [0.4, 0.5) is 0 Å². The number of carbonyl (C=O) groups excluding carboxylic acids is 2. The molecule has 0 aromatic heterocycles. The second kappa shape index (κ2) is 7.47. The Balaban J connectivity index is 1.74. The number of nitrogens with zero attached hydrogens (tertiary/aromatic N) is 3. The van der Waals surface area contributed by atoms with E-state index in [1.807, 2.05) is 4.90 Å². The second-order valence-corrected chi connectivity index (χ2v) is 8.84. The van der Waals surface area contributed by atoms with Gasteiger partial charge < -0.3 is 14.9 Å². The zero-order chi connectivity index (χ0) is 18.9. The molecule has 26 heavy (non-hydrogen) atoms. The molecule has 148 valence electrons. The van der Waals surface area contributed by atoms with Crippen molar-refractivity contribution in [2.24, 2.45) is 0 Å². The van der Waals surface area contributed by atoms with Crippen molar-refractivity contribution in [3.63, 3.8) is 0 Å². The van der Waals surface area contributed by atoms with Crippen molar-refractivity contribution in [1.29, 1.82) is 0 Å². The summed E-state index contributed by atoms with van der Waals surface area (Å²) in [4.78, 5) is 30.2. The number of rotatable bonds is 2. The third-order valence-electron chi connectivity index (χ3n) is 7.03. The van der Waals surface area contributed by atoms with E-state index in [4.69, 9.17) is 0 Å². The third-order valence-corrected chi connectivity index (χ3v) is 7.03. The fraction of sp³-hybridized carbons (Fsp3) is 0.900. The Hall–Kier alpha value is -1.14. The molecule has 3 saturated heterocycles. The summed E-state index contributed by atoms with van der Waals surface area (Å²) in [6.07, 6.45) is 6.69. The molecule has 0 saturated carbocycles. The Morgan fingerprint density at radius 2 is 1.65 bits per heavy atom. The van der Waals surface area contributed by atoms with Crippen LogP contribution in [0.15, 0.2) is 0 Å². The van der Waals surface area contributed by atoms with Crippen LogP contribution in [0.2, 0.25) is 0 Å². The topological polar surface area (TPSA) is 64.1 Å². The summed E-state index contributed by atoms with van der Waals surface area (Å²) >= 11 is 0. The van der Waals surface area contributed by atoms with Crippen LogP contribution in [0.1, 0.15) is 65.7 Å². The number of hydrogen-bond acceptors (Lipinski definition) is 4. The summed E-state index contributed by atoms with van der Waals surface area (Å²) in [5, 5.41) is 11.2. The Labute approximate surface area is 157 Å². The fourth-order valence-electron chi connectivity index (χ4n) is 5.51. The normalized spacial score (nSPS) is 32.7. The maximum absolute atomic E-state index is 12.3. The largest absolute Gasteiger partial charge is 0.388 e. The standard InChI is InChI=1S/C20H35N3O3/c1-16(24)21-13-9-20(26,10-14-21)15-22-11-6-8-19(3)18(22)7-4-5-12-23(19)17(2)25/h18,26H,4-15H2,1-3H3/t18?,19-/m0/s1. The van der Waals surface area contributed by atoms with Crippen molar-refractivity contribution in [1.82, 2.24) is 14.7 Å². The van der Waals surface area contributed by atoms with Gasteiger partial charge in [0.05, 0.1) is 11.1 Å². The van der Waals surface area contributed by atoms with Gasteiger partial charge in [-0.15, -0.1) is 0 Å². The van der Waals surface area contributed by atoms with Crippen molar-refractivity contribution in [2.75, 3.05) is 32.7 Å². The van der Waals surface area contributed by atoms with Crippen molar-refractivity contribution in [3.05, 3.63) is 0 Å². The maximum atomic E-state index is 12.3. The molecule has 6 nitrogen and oxygen atoms in total. The van der Waals surface area contributed by atoms with E-state index in [2.05, 4.69) is 16.7 Å². The molecule has 0 aromatic carbocycles. The van der Waals surface area contributed by atoms with E-state index in [1.165, 1.54) is 0 Å². The molecule has 1 N–H and O–H groups in total. The molecular weight excluding hydrogens is 330 g/mol. The number of fused-ring (bicyclic) bond motifs is 1. The molecule has 3 aliphatic heterocycles. The first-order valence-corrected chi connectivity index (χ1v) is 10.3. The van der Waals surface area contributed by atoms with Crippen LogP contribution in [-0.2, 0) is 9.59 Å². The van der Waals surface area contributed by atoms with E-state index in [9.17, 15) is 14.7 Å². The highest BCUT2D eigenvalue weighted by Gasteiger charge is 2.48. The van der Waals surface area contributed by atoms with Crippen LogP contribution in [0.5, 0.6) is 0 Å². The minimum atomic E-state index is -0.725. The first-order chi connectivity index (χ1) is 12.3. The number of amides is 2. The molecule has 2 amide bonds. The average Bonchev–Trinajstić information content (AvgIpc) is 2.74. The highest BCUT2D eigenvalue weighted by atomic mass is 16.3. The summed E-state index contributed by atoms with van der Waals surface area (Å²) in [6.45, 7) is 9.32. The minimum absolute atomic E-state index is 0.0958. The fourth-order valence-corrected chi connectivity index (χ4v) is 5.51. The van der Waals surface area contributed by atoms with E-state index < -0.39 is 5.60 Å². The Kier molecular flexibility index (Phi) is 5.63. The highest BCUT2D eigenvalue weighted by molar-refractivity contribution is 5.74. The van der Waals surface area contributed by atoms with Gasteiger partial charge in [0.15, 0.2) is 0 Å². The first kappa shape index (κ1) is 19.6. The quantitative estimate of drug-likeness (QED) is 0.808. The lowest BCUT2D eigenvalue weighted by Crippen LogP contribution is -2.66. The zero-order valence-corrected chi connectivity index (χ0v) is 16.7. The molecule has 3 rings (SSSR count). The SMILES string of the molecule is CC(=O)N1CCC(O)(CN2CCC[C@@]3(C)C2CCCCN3C(C)=O)CC1. The minimum Gasteiger partial charge on any atom is -0.388 e. The number of aliphatic hydroxyl groups is 1. The van der Waals surface area contributed by atoms with E-state index in [-0.39, 0.29) is 17.4 Å². The smallest absolute Gasteiger partial charge is 0.219 e. The molecule has 0 aromatic rings. The van der Waals surface area contributed by atoms with Gasteiger partial charge in [-0.05, 0) is 52.0 Å². The van der Waals surface area contributed by atoms with Gasteiger partial charge in [0.2, 0.25) is 11.8 Å². The average molecular weight is 366 g/mol. The van der Waals surface area contributed by atoms with Crippen LogP contribution in [0.3, 0.4) is 0 Å². The molecular formula is C20H35N3O3. The van der Waals surface area contributed by atoms with Gasteiger partial charge in [-0.25, -0.2) is 0 Å². The van der Waals surface area contributed by atoms with E-state index in [1.54, 1.807) is 13.8 Å². The molecule has 0 spiro atoms. The Bertz CT molecular complexity index is 544. The lowest BCUT2D eigenvalue weighted by atomic mass is 9.78. The highest BCUT2D eigenvalue weighted by Crippen LogP contribution is 2.39. The molecule has 2 atom stereocenters. The van der Waals surface area contributed by atoms with Crippen molar-refractivity contribution in [2.45, 2.75) is 82.9 Å². The Morgan fingerprint density at radius 3 is 2.27 bits per heavy atom. The number of likely N-dealkylation sites (tertiary alicyclic amines) is 3. The van der Waals surface area contributed by atoms with Crippen LogP contribution < -0.4 is 0 Å². The second-order valence-electron chi connectivity index (χ2n) is 8.84. The molecule has 3 heterocycles. The summed E-state index contributed by atoms with van der Waals surface area (Å²) in [5.74, 6) is 0.271. The summed E-state index contributed by atoms with van der Waals surface area (Å²) in [5.41, 5.74) is -0.853. The van der Waals surface area contributed by atoms with E-state index >= 15 is 0 Å². The van der Waals surface area contributed by atoms with E-state index in [0.717, 1.165) is 45.2 Å². The molecule has 0 aliphatic carbocycles. The van der Waals surface area contributed by atoms with Gasteiger partial charge in [-0.2, -0.15) is 0 Å². The summed E-state index contributed by atoms with van der Waals surface area (Å²) in [7, 11) is 0.